The van der Waals surface area contributed by atoms with Crippen molar-refractivity contribution in [2.75, 3.05) is 12.4 Å². The third-order valence-corrected chi connectivity index (χ3v) is 4.45. The molecule has 1 aliphatic carbocycles. The van der Waals surface area contributed by atoms with E-state index in [2.05, 4.69) is 10.3 Å². The maximum absolute atomic E-state index is 12.1. The van der Waals surface area contributed by atoms with Gasteiger partial charge < -0.3 is 9.47 Å². The molecule has 0 spiro atoms. The fourth-order valence-corrected chi connectivity index (χ4v) is 3.21. The predicted octanol–water partition coefficient (Wildman–Crippen LogP) is 3.36. The van der Waals surface area contributed by atoms with E-state index < -0.39 is 6.10 Å². The number of ether oxygens (including phenoxy) is 2. The first-order chi connectivity index (χ1) is 10.2. The first kappa shape index (κ1) is 16.4. The molecule has 1 aromatic heterocycles. The third-order valence-electron chi connectivity index (χ3n) is 3.64. The highest BCUT2D eigenvalue weighted by molar-refractivity contribution is 7.13. The van der Waals surface area contributed by atoms with Crippen LogP contribution in [-0.2, 0) is 20.9 Å². The van der Waals surface area contributed by atoms with Crippen LogP contribution < -0.4 is 5.32 Å². The molecular formula is C15H24N2O3S. The highest BCUT2D eigenvalue weighted by Gasteiger charge is 2.21. The summed E-state index contributed by atoms with van der Waals surface area (Å²) in [6, 6.07) is 0. The normalized spacial score (nSPS) is 18.2. The van der Waals surface area contributed by atoms with E-state index in [-0.39, 0.29) is 12.0 Å². The molecule has 1 aromatic rings. The molecule has 1 aliphatic rings. The fraction of sp³-hybridized carbons (Fsp3) is 0.733. The monoisotopic (exact) mass is 312 g/mol. The van der Waals surface area contributed by atoms with E-state index in [9.17, 15) is 4.79 Å². The van der Waals surface area contributed by atoms with Crippen molar-refractivity contribution in [1.82, 2.24) is 4.98 Å². The summed E-state index contributed by atoms with van der Waals surface area (Å²) in [5.74, 6) is -0.127. The zero-order chi connectivity index (χ0) is 15.1. The SMILES string of the molecule is COCc1csc(NC(=O)C(C)OC2CCCCCC2)n1. The second-order valence-electron chi connectivity index (χ2n) is 5.46. The minimum absolute atomic E-state index is 0.127. The van der Waals surface area contributed by atoms with Crippen molar-refractivity contribution in [3.63, 3.8) is 0 Å². The minimum Gasteiger partial charge on any atom is -0.378 e. The van der Waals surface area contributed by atoms with Gasteiger partial charge in [-0.3, -0.25) is 10.1 Å². The molecule has 0 bridgehead atoms. The number of aromatic nitrogens is 1. The topological polar surface area (TPSA) is 60.5 Å². The number of hydrogen-bond acceptors (Lipinski definition) is 5. The van der Waals surface area contributed by atoms with E-state index in [1.54, 1.807) is 7.11 Å². The molecule has 1 saturated carbocycles. The van der Waals surface area contributed by atoms with Crippen molar-refractivity contribution in [3.8, 4) is 0 Å². The molecule has 21 heavy (non-hydrogen) atoms. The van der Waals surface area contributed by atoms with Crippen LogP contribution in [0.5, 0.6) is 0 Å². The summed E-state index contributed by atoms with van der Waals surface area (Å²) >= 11 is 1.41. The van der Waals surface area contributed by atoms with Gasteiger partial charge in [0.25, 0.3) is 5.91 Å². The molecule has 118 valence electrons. The number of rotatable bonds is 6. The molecule has 1 amide bonds. The summed E-state index contributed by atoms with van der Waals surface area (Å²) in [5.41, 5.74) is 0.829. The van der Waals surface area contributed by atoms with Crippen LogP contribution in [0.2, 0.25) is 0 Å². The van der Waals surface area contributed by atoms with Crippen molar-refractivity contribution >= 4 is 22.4 Å². The van der Waals surface area contributed by atoms with Gasteiger partial charge in [-0.1, -0.05) is 25.7 Å². The predicted molar refractivity (Wildman–Crippen MR) is 83.5 cm³/mol. The Morgan fingerprint density at radius 1 is 1.43 bits per heavy atom. The van der Waals surface area contributed by atoms with Crippen LogP contribution in [0, 0.1) is 0 Å². The van der Waals surface area contributed by atoms with Gasteiger partial charge in [0.15, 0.2) is 5.13 Å². The van der Waals surface area contributed by atoms with Crippen LogP contribution in [0.3, 0.4) is 0 Å². The zero-order valence-corrected chi connectivity index (χ0v) is 13.6. The van der Waals surface area contributed by atoms with Crippen molar-refractivity contribution in [3.05, 3.63) is 11.1 Å². The van der Waals surface area contributed by atoms with E-state index >= 15 is 0 Å². The number of carbonyl (C=O) groups is 1. The molecule has 0 aliphatic heterocycles. The van der Waals surface area contributed by atoms with Crippen LogP contribution in [0.1, 0.15) is 51.1 Å². The minimum atomic E-state index is -0.442. The van der Waals surface area contributed by atoms with E-state index in [1.165, 1.54) is 37.0 Å². The summed E-state index contributed by atoms with van der Waals surface area (Å²) in [6.45, 7) is 2.27. The van der Waals surface area contributed by atoms with Crippen LogP contribution in [0.4, 0.5) is 5.13 Å². The van der Waals surface area contributed by atoms with E-state index in [4.69, 9.17) is 9.47 Å². The number of methoxy groups -OCH3 is 1. The van der Waals surface area contributed by atoms with Gasteiger partial charge in [-0.25, -0.2) is 4.98 Å². The molecule has 0 saturated heterocycles. The van der Waals surface area contributed by atoms with Crippen LogP contribution in [0.15, 0.2) is 5.38 Å². The molecule has 1 fully saturated rings. The number of nitrogens with one attached hydrogen (secondary N) is 1. The Morgan fingerprint density at radius 3 is 2.81 bits per heavy atom. The Hall–Kier alpha value is -0.980. The lowest BCUT2D eigenvalue weighted by Crippen LogP contribution is -2.31. The summed E-state index contributed by atoms with van der Waals surface area (Å²) in [6.07, 6.45) is 6.86. The number of amides is 1. The first-order valence-electron chi connectivity index (χ1n) is 7.58. The van der Waals surface area contributed by atoms with E-state index in [1.807, 2.05) is 12.3 Å². The summed E-state index contributed by atoms with van der Waals surface area (Å²) < 4.78 is 10.9. The van der Waals surface area contributed by atoms with Crippen molar-refractivity contribution in [2.24, 2.45) is 0 Å². The van der Waals surface area contributed by atoms with Gasteiger partial charge in [0.05, 0.1) is 18.4 Å². The number of hydrogen-bond donors (Lipinski definition) is 1. The average Bonchev–Trinajstić information content (AvgIpc) is 2.73. The second-order valence-corrected chi connectivity index (χ2v) is 6.32. The quantitative estimate of drug-likeness (QED) is 0.818. The molecule has 1 heterocycles. The number of carbonyl (C=O) groups excluding carboxylic acids is 1. The molecule has 1 N–H and O–H groups in total. The van der Waals surface area contributed by atoms with Crippen molar-refractivity contribution in [1.29, 1.82) is 0 Å². The van der Waals surface area contributed by atoms with Crippen molar-refractivity contribution in [2.45, 2.75) is 64.3 Å². The lowest BCUT2D eigenvalue weighted by molar-refractivity contribution is -0.130. The number of thiazole rings is 1. The van der Waals surface area contributed by atoms with Gasteiger partial charge >= 0.3 is 0 Å². The second kappa shape index (κ2) is 8.46. The highest BCUT2D eigenvalue weighted by atomic mass is 32.1. The maximum Gasteiger partial charge on any atom is 0.255 e. The van der Waals surface area contributed by atoms with Crippen LogP contribution >= 0.6 is 11.3 Å². The summed E-state index contributed by atoms with van der Waals surface area (Å²) in [5, 5.41) is 5.30. The van der Waals surface area contributed by atoms with Gasteiger partial charge in [0.1, 0.15) is 6.10 Å². The standard InChI is InChI=1S/C15H24N2O3S/c1-11(20-13-7-5-3-4-6-8-13)14(18)17-15-16-12(9-19-2)10-21-15/h10-11,13H,3-9H2,1-2H3,(H,16,17,18). The Morgan fingerprint density at radius 2 is 2.14 bits per heavy atom. The third kappa shape index (κ3) is 5.37. The molecule has 0 radical (unpaired) electrons. The van der Waals surface area contributed by atoms with Gasteiger partial charge in [0, 0.05) is 12.5 Å². The van der Waals surface area contributed by atoms with Gasteiger partial charge in [-0.15, -0.1) is 11.3 Å². The lowest BCUT2D eigenvalue weighted by atomic mass is 10.1. The largest absolute Gasteiger partial charge is 0.378 e. The molecule has 2 rings (SSSR count). The first-order valence-corrected chi connectivity index (χ1v) is 8.46. The summed E-state index contributed by atoms with van der Waals surface area (Å²) in [7, 11) is 1.63. The van der Waals surface area contributed by atoms with E-state index in [0.29, 0.717) is 11.7 Å². The highest BCUT2D eigenvalue weighted by Crippen LogP contribution is 2.22. The maximum atomic E-state index is 12.1. The average molecular weight is 312 g/mol. The van der Waals surface area contributed by atoms with Crippen molar-refractivity contribution < 1.29 is 14.3 Å². The fourth-order valence-electron chi connectivity index (χ4n) is 2.51. The molecular weight excluding hydrogens is 288 g/mol. The number of nitrogens with zero attached hydrogens (tertiary/aromatic N) is 1. The Labute approximate surface area is 130 Å². The molecule has 1 atom stereocenters. The Balaban J connectivity index is 1.80. The molecule has 1 unspecified atom stereocenters. The van der Waals surface area contributed by atoms with Gasteiger partial charge in [-0.05, 0) is 19.8 Å². The Bertz CT molecular complexity index is 442. The summed E-state index contributed by atoms with van der Waals surface area (Å²) in [4.78, 5) is 16.4. The molecule has 6 heteroatoms. The molecule has 5 nitrogen and oxygen atoms in total. The van der Waals surface area contributed by atoms with E-state index in [0.717, 1.165) is 18.5 Å². The number of anilines is 1. The zero-order valence-electron chi connectivity index (χ0n) is 12.8. The molecule has 0 aromatic carbocycles. The lowest BCUT2D eigenvalue weighted by Gasteiger charge is -2.20. The van der Waals surface area contributed by atoms with Gasteiger partial charge in [0.2, 0.25) is 0 Å². The smallest absolute Gasteiger partial charge is 0.255 e. The van der Waals surface area contributed by atoms with Gasteiger partial charge in [-0.2, -0.15) is 0 Å². The van der Waals surface area contributed by atoms with Crippen LogP contribution in [-0.4, -0.2) is 30.2 Å². The van der Waals surface area contributed by atoms with Crippen LogP contribution in [0.25, 0.3) is 0 Å². The Kier molecular flexibility index (Phi) is 6.60.